The largest absolute Gasteiger partial charge is 0.371 e. The Morgan fingerprint density at radius 1 is 1.18 bits per heavy atom. The molecule has 0 amide bonds. The number of rotatable bonds is 9. The van der Waals surface area contributed by atoms with Gasteiger partial charge in [0.1, 0.15) is 5.69 Å². The molecule has 1 saturated heterocycles. The molecule has 1 aliphatic heterocycles. The molecule has 0 radical (unpaired) electrons. The summed E-state index contributed by atoms with van der Waals surface area (Å²) in [6.07, 6.45) is 15.6. The number of nitrogens with zero attached hydrogens (tertiary/aromatic N) is 3. The Morgan fingerprint density at radius 3 is 2.62 bits per heavy atom. The molecule has 0 aliphatic carbocycles. The van der Waals surface area contributed by atoms with Crippen molar-refractivity contribution in [2.45, 2.75) is 47.0 Å². The van der Waals surface area contributed by atoms with E-state index < -0.39 is 0 Å². The predicted molar refractivity (Wildman–Crippen MR) is 147 cm³/mol. The molecule has 1 aromatic carbocycles. The van der Waals surface area contributed by atoms with Crippen molar-refractivity contribution in [2.24, 2.45) is 4.99 Å². The maximum Gasteiger partial charge on any atom is 0.116 e. The number of benzene rings is 1. The zero-order valence-corrected chi connectivity index (χ0v) is 21.0. The lowest BCUT2D eigenvalue weighted by atomic mass is 10.0. The Kier molecular flexibility index (Phi) is 8.86. The van der Waals surface area contributed by atoms with Crippen LogP contribution in [0.4, 0.5) is 0 Å². The summed E-state index contributed by atoms with van der Waals surface area (Å²) < 4.78 is 0. The Bertz CT molecular complexity index is 1180. The van der Waals surface area contributed by atoms with E-state index in [-0.39, 0.29) is 0 Å². The first-order valence-corrected chi connectivity index (χ1v) is 12.0. The van der Waals surface area contributed by atoms with E-state index in [0.29, 0.717) is 0 Å². The normalized spacial score (nSPS) is 16.4. The molecule has 0 unspecified atom stereocenters. The highest BCUT2D eigenvalue weighted by Crippen LogP contribution is 2.27. The van der Waals surface area contributed by atoms with Crippen LogP contribution >= 0.6 is 0 Å². The van der Waals surface area contributed by atoms with Crippen molar-refractivity contribution in [1.29, 1.82) is 0 Å². The maximum atomic E-state index is 4.57. The summed E-state index contributed by atoms with van der Waals surface area (Å²) in [5.41, 5.74) is 8.22. The van der Waals surface area contributed by atoms with Crippen LogP contribution in [-0.2, 0) is 0 Å². The van der Waals surface area contributed by atoms with Crippen molar-refractivity contribution in [3.05, 3.63) is 90.1 Å². The summed E-state index contributed by atoms with van der Waals surface area (Å²) in [5, 5.41) is 12.2. The van der Waals surface area contributed by atoms with Gasteiger partial charge in [0, 0.05) is 42.3 Å². The van der Waals surface area contributed by atoms with Gasteiger partial charge in [0.15, 0.2) is 0 Å². The first-order chi connectivity index (χ1) is 16.5. The summed E-state index contributed by atoms with van der Waals surface area (Å²) >= 11 is 0. The van der Waals surface area contributed by atoms with E-state index >= 15 is 0 Å². The Labute approximate surface area is 204 Å². The van der Waals surface area contributed by atoms with Crippen molar-refractivity contribution < 1.29 is 0 Å². The van der Waals surface area contributed by atoms with E-state index in [1.54, 1.807) is 0 Å². The summed E-state index contributed by atoms with van der Waals surface area (Å²) in [6, 6.07) is 6.24. The first kappa shape index (κ1) is 25.0. The number of aliphatic imine (C=N–C) groups is 1. The zero-order chi connectivity index (χ0) is 24.5. The molecule has 1 fully saturated rings. The molecular weight excluding hydrogens is 418 g/mol. The molecule has 0 bridgehead atoms. The number of piperidine rings is 1. The second kappa shape index (κ2) is 12.0. The Hall–Kier alpha value is -3.60. The van der Waals surface area contributed by atoms with E-state index in [1.165, 1.54) is 36.7 Å². The summed E-state index contributed by atoms with van der Waals surface area (Å²) in [4.78, 5) is 6.67. The van der Waals surface area contributed by atoms with Crippen LogP contribution in [0.3, 0.4) is 0 Å². The second-order valence-electron chi connectivity index (χ2n) is 8.52. The molecule has 0 atom stereocenters. The number of allylic oxidation sites excluding steroid dienone is 7. The number of aromatic amines is 1. The lowest BCUT2D eigenvalue weighted by Crippen LogP contribution is -2.30. The van der Waals surface area contributed by atoms with E-state index in [9.17, 15) is 0 Å². The zero-order valence-electron chi connectivity index (χ0n) is 21.0. The molecule has 34 heavy (non-hydrogen) atoms. The van der Waals surface area contributed by atoms with Crippen molar-refractivity contribution in [3.63, 3.8) is 0 Å². The lowest BCUT2D eigenvalue weighted by molar-refractivity contribution is 0.289. The fourth-order valence-corrected chi connectivity index (χ4v) is 4.23. The third-order valence-electron chi connectivity index (χ3n) is 6.24. The van der Waals surface area contributed by atoms with Crippen molar-refractivity contribution >= 4 is 28.4 Å². The van der Waals surface area contributed by atoms with Gasteiger partial charge < -0.3 is 10.2 Å². The molecular formula is C29H37N5. The van der Waals surface area contributed by atoms with Crippen LogP contribution in [0.2, 0.25) is 0 Å². The number of aromatic nitrogens is 2. The molecule has 0 spiro atoms. The van der Waals surface area contributed by atoms with Gasteiger partial charge in [-0.3, -0.25) is 10.1 Å². The molecule has 2 heterocycles. The van der Waals surface area contributed by atoms with Crippen LogP contribution in [0.1, 0.15) is 58.2 Å². The van der Waals surface area contributed by atoms with Gasteiger partial charge in [-0.1, -0.05) is 37.5 Å². The molecule has 5 heteroatoms. The summed E-state index contributed by atoms with van der Waals surface area (Å²) in [5.74, 6) is 0. The van der Waals surface area contributed by atoms with Gasteiger partial charge in [0.05, 0.1) is 11.2 Å². The molecule has 5 nitrogen and oxygen atoms in total. The number of likely N-dealkylation sites (tertiary alicyclic amines) is 1. The number of H-pyrrole nitrogens is 1. The third-order valence-corrected chi connectivity index (χ3v) is 6.24. The lowest BCUT2D eigenvalue weighted by Gasteiger charge is -2.32. The van der Waals surface area contributed by atoms with Crippen molar-refractivity contribution in [3.8, 4) is 0 Å². The number of hydrogen-bond donors (Lipinski definition) is 2. The average Bonchev–Trinajstić information content (AvgIpc) is 3.29. The van der Waals surface area contributed by atoms with Crippen LogP contribution in [-0.4, -0.2) is 34.4 Å². The highest BCUT2D eigenvalue weighted by atomic mass is 15.1. The van der Waals surface area contributed by atoms with Crippen LogP contribution < -0.4 is 5.32 Å². The van der Waals surface area contributed by atoms with Crippen LogP contribution in [0, 0.1) is 0 Å². The predicted octanol–water partition coefficient (Wildman–Crippen LogP) is 6.98. The van der Waals surface area contributed by atoms with Crippen molar-refractivity contribution in [1.82, 2.24) is 20.4 Å². The van der Waals surface area contributed by atoms with E-state index in [4.69, 9.17) is 0 Å². The Balaban J connectivity index is 1.90. The van der Waals surface area contributed by atoms with Gasteiger partial charge in [0.25, 0.3) is 0 Å². The molecule has 1 aromatic heterocycles. The van der Waals surface area contributed by atoms with Crippen LogP contribution in [0.25, 0.3) is 22.2 Å². The highest BCUT2D eigenvalue weighted by Gasteiger charge is 2.17. The Morgan fingerprint density at radius 2 is 1.94 bits per heavy atom. The minimum Gasteiger partial charge on any atom is -0.371 e. The number of nitrogens with one attached hydrogen (secondary N) is 2. The summed E-state index contributed by atoms with van der Waals surface area (Å²) in [7, 11) is 0. The van der Waals surface area contributed by atoms with Gasteiger partial charge in [-0.05, 0) is 81.9 Å². The molecule has 2 N–H and O–H groups in total. The van der Waals surface area contributed by atoms with Crippen LogP contribution in [0.15, 0.2) is 83.8 Å². The fraction of sp³-hybridized carbons (Fsp3) is 0.310. The fourth-order valence-electron chi connectivity index (χ4n) is 4.23. The first-order valence-electron chi connectivity index (χ1n) is 12.0. The SMILES string of the molecule is C=CN=C/C(=C\C)c1ccc2[nH]nc(C(=C)N/C(C)=C(C)/C(=C\C=C/C)N3CCCCC3)c2c1. The minimum atomic E-state index is 0.770. The van der Waals surface area contributed by atoms with Crippen LogP contribution in [0.5, 0.6) is 0 Å². The summed E-state index contributed by atoms with van der Waals surface area (Å²) in [6.45, 7) is 18.5. The van der Waals surface area contributed by atoms with Gasteiger partial charge >= 0.3 is 0 Å². The maximum absolute atomic E-state index is 4.57. The third kappa shape index (κ3) is 5.84. The standard InChI is InChI=1S/C29H37N5/c1-7-10-14-28(34-17-12-11-13-18-34)21(4)22(5)31-23(6)29-26-19-25(15-16-27(26)32-33-29)24(8-2)20-30-9-3/h7-10,14-16,19-20,31H,3,6,11-13,17-18H2,1-2,4-5H3,(H,32,33)/b10-7-,22-21+,24-8+,28-14+,30-20?. The van der Waals surface area contributed by atoms with Gasteiger partial charge in [-0.2, -0.15) is 5.10 Å². The quantitative estimate of drug-likeness (QED) is 0.317. The minimum absolute atomic E-state index is 0.770. The van der Waals surface area contributed by atoms with E-state index in [1.807, 2.05) is 25.3 Å². The molecule has 3 rings (SSSR count). The molecule has 0 saturated carbocycles. The van der Waals surface area contributed by atoms with Gasteiger partial charge in [0.2, 0.25) is 0 Å². The van der Waals surface area contributed by atoms with E-state index in [0.717, 1.165) is 52.2 Å². The topological polar surface area (TPSA) is 56.3 Å². The molecule has 1 aliphatic rings. The molecule has 178 valence electrons. The second-order valence-corrected chi connectivity index (χ2v) is 8.52. The van der Waals surface area contributed by atoms with Gasteiger partial charge in [-0.25, -0.2) is 0 Å². The monoisotopic (exact) mass is 455 g/mol. The number of fused-ring (bicyclic) bond motifs is 1. The highest BCUT2D eigenvalue weighted by molar-refractivity contribution is 6.11. The molecule has 2 aromatic rings. The number of hydrogen-bond acceptors (Lipinski definition) is 4. The van der Waals surface area contributed by atoms with Crippen molar-refractivity contribution in [2.75, 3.05) is 13.1 Å². The van der Waals surface area contributed by atoms with E-state index in [2.05, 4.69) is 89.7 Å². The average molecular weight is 456 g/mol. The van der Waals surface area contributed by atoms with Gasteiger partial charge in [-0.15, -0.1) is 0 Å². The smallest absolute Gasteiger partial charge is 0.116 e.